The lowest BCUT2D eigenvalue weighted by Crippen LogP contribution is -2.37. The van der Waals surface area contributed by atoms with E-state index in [0.717, 1.165) is 12.8 Å². The normalized spacial score (nSPS) is 14.4. The number of aryl methyl sites for hydroxylation is 2. The zero-order valence-corrected chi connectivity index (χ0v) is 14.8. The van der Waals surface area contributed by atoms with E-state index >= 15 is 0 Å². The van der Waals surface area contributed by atoms with Gasteiger partial charge in [-0.1, -0.05) is 0 Å². The van der Waals surface area contributed by atoms with Gasteiger partial charge < -0.3 is 10.2 Å². The Balaban J connectivity index is 2.23. The molecule has 0 bridgehead atoms. The van der Waals surface area contributed by atoms with Crippen LogP contribution in [0.5, 0.6) is 0 Å². The van der Waals surface area contributed by atoms with Gasteiger partial charge in [0.2, 0.25) is 9.84 Å². The molecule has 1 saturated heterocycles. The van der Waals surface area contributed by atoms with Gasteiger partial charge in [-0.05, 0) is 49.9 Å². The molecule has 0 radical (unpaired) electrons. The predicted octanol–water partition coefficient (Wildman–Crippen LogP) is 0.872. The molecule has 1 aliphatic rings. The molecule has 2 amide bonds. The molecule has 1 aliphatic heterocycles. The van der Waals surface area contributed by atoms with Gasteiger partial charge in [0.1, 0.15) is 0 Å². The third-order valence-corrected chi connectivity index (χ3v) is 5.71. The molecule has 136 valence electrons. The molecule has 0 spiro atoms. The van der Waals surface area contributed by atoms with Crippen LogP contribution in [0.2, 0.25) is 0 Å². The molecule has 0 atom stereocenters. The van der Waals surface area contributed by atoms with Crippen molar-refractivity contribution in [3.05, 3.63) is 33.4 Å². The highest BCUT2D eigenvalue weighted by molar-refractivity contribution is 7.91. The number of amides is 2. The molecule has 0 saturated carbocycles. The van der Waals surface area contributed by atoms with Crippen molar-refractivity contribution in [2.24, 2.45) is 0 Å². The number of rotatable bonds is 4. The molecular formula is C15H19N3O6S. The number of carbonyl (C=O) groups excluding carboxylic acids is 2. The Morgan fingerprint density at radius 1 is 1.20 bits per heavy atom. The lowest BCUT2D eigenvalue weighted by molar-refractivity contribution is -0.458. The van der Waals surface area contributed by atoms with Crippen LogP contribution in [0, 0.1) is 24.0 Å². The van der Waals surface area contributed by atoms with Crippen LogP contribution >= 0.6 is 0 Å². The van der Waals surface area contributed by atoms with Gasteiger partial charge in [-0.3, -0.25) is 19.7 Å². The third kappa shape index (κ3) is 4.32. The molecule has 10 heteroatoms. The van der Waals surface area contributed by atoms with E-state index in [1.807, 2.05) is 0 Å². The first-order chi connectivity index (χ1) is 11.6. The Labute approximate surface area is 145 Å². The predicted molar refractivity (Wildman–Crippen MR) is 89.4 cm³/mol. The van der Waals surface area contributed by atoms with Crippen molar-refractivity contribution in [1.29, 1.82) is 0 Å². The maximum Gasteiger partial charge on any atom is 0.313 e. The number of benzene rings is 1. The van der Waals surface area contributed by atoms with Crippen molar-refractivity contribution in [3.63, 3.8) is 0 Å². The Kier molecular flexibility index (Phi) is 5.41. The number of sulfone groups is 1. The molecule has 1 fully saturated rings. The highest BCUT2D eigenvalue weighted by Crippen LogP contribution is 2.25. The van der Waals surface area contributed by atoms with Gasteiger partial charge >= 0.3 is 17.7 Å². The largest absolute Gasteiger partial charge is 0.334 e. The first-order valence-electron chi connectivity index (χ1n) is 7.68. The number of anilines is 1. The fourth-order valence-corrected chi connectivity index (χ4v) is 4.47. The number of hydrogen-bond donors (Lipinski definition) is 1. The Morgan fingerprint density at radius 2 is 1.72 bits per heavy atom. The van der Waals surface area contributed by atoms with E-state index in [9.17, 15) is 28.1 Å². The Hall–Kier alpha value is -2.49. The van der Waals surface area contributed by atoms with Crippen LogP contribution in [0.1, 0.15) is 24.0 Å². The fourth-order valence-electron chi connectivity index (χ4n) is 2.96. The van der Waals surface area contributed by atoms with Crippen LogP contribution in [0.4, 0.5) is 5.69 Å². The summed E-state index contributed by atoms with van der Waals surface area (Å²) in [7, 11) is -4.08. The van der Waals surface area contributed by atoms with Crippen molar-refractivity contribution >= 4 is 27.3 Å². The molecular weight excluding hydrogens is 350 g/mol. The van der Waals surface area contributed by atoms with Crippen LogP contribution in [0.25, 0.3) is 0 Å². The van der Waals surface area contributed by atoms with E-state index in [0.29, 0.717) is 13.1 Å². The minimum atomic E-state index is -4.08. The molecule has 0 unspecified atom stereocenters. The van der Waals surface area contributed by atoms with E-state index < -0.39 is 32.5 Å². The number of nitrogens with one attached hydrogen (secondary N) is 1. The summed E-state index contributed by atoms with van der Waals surface area (Å²) in [5, 5.41) is 13.0. The quantitative estimate of drug-likeness (QED) is 0.477. The smallest absolute Gasteiger partial charge is 0.313 e. The molecule has 1 aromatic carbocycles. The second-order valence-corrected chi connectivity index (χ2v) is 7.87. The van der Waals surface area contributed by atoms with Gasteiger partial charge in [0.15, 0.2) is 0 Å². The van der Waals surface area contributed by atoms with Crippen molar-refractivity contribution in [2.45, 2.75) is 31.6 Å². The van der Waals surface area contributed by atoms with E-state index in [-0.39, 0.29) is 21.7 Å². The lowest BCUT2D eigenvalue weighted by atomic mass is 10.1. The highest BCUT2D eigenvalue weighted by atomic mass is 32.2. The van der Waals surface area contributed by atoms with Crippen LogP contribution < -0.4 is 5.32 Å². The maximum absolute atomic E-state index is 12.1. The van der Waals surface area contributed by atoms with Crippen LogP contribution in [-0.4, -0.2) is 49.0 Å². The van der Waals surface area contributed by atoms with Crippen molar-refractivity contribution < 1.29 is 22.9 Å². The molecule has 1 N–H and O–H groups in total. The molecule has 25 heavy (non-hydrogen) atoms. The zero-order valence-electron chi connectivity index (χ0n) is 13.9. The molecule has 0 aliphatic carbocycles. The monoisotopic (exact) mass is 369 g/mol. The third-order valence-electron chi connectivity index (χ3n) is 3.89. The van der Waals surface area contributed by atoms with Crippen LogP contribution in [0.15, 0.2) is 17.0 Å². The molecule has 9 nitrogen and oxygen atoms in total. The second-order valence-electron chi connectivity index (χ2n) is 5.97. The molecule has 1 aromatic rings. The summed E-state index contributed by atoms with van der Waals surface area (Å²) in [5.41, 5.74) is 0.809. The molecule has 1 heterocycles. The number of hydrogen-bond acceptors (Lipinski definition) is 6. The summed E-state index contributed by atoms with van der Waals surface area (Å²) >= 11 is 0. The zero-order chi connectivity index (χ0) is 18.8. The number of carbonyl (C=O) groups is 2. The fraction of sp³-hybridized carbons (Fsp3) is 0.467. The standard InChI is InChI=1S/C15H19N3O6S/c1-10-7-12(16-14(19)15(20)17-5-3-4-6-17)8-11(2)13(10)25(23,24)9-18(21)22/h7-8H,3-6,9H2,1-2H3,(H,16,19). The Morgan fingerprint density at radius 3 is 2.20 bits per heavy atom. The lowest BCUT2D eigenvalue weighted by Gasteiger charge is -2.16. The van der Waals surface area contributed by atoms with E-state index in [1.165, 1.54) is 30.9 Å². The number of nitro groups is 1. The van der Waals surface area contributed by atoms with Crippen LogP contribution in [-0.2, 0) is 19.4 Å². The summed E-state index contributed by atoms with van der Waals surface area (Å²) in [6, 6.07) is 2.77. The van der Waals surface area contributed by atoms with Crippen molar-refractivity contribution in [1.82, 2.24) is 4.90 Å². The van der Waals surface area contributed by atoms with Gasteiger partial charge in [0, 0.05) is 23.7 Å². The maximum atomic E-state index is 12.1. The van der Waals surface area contributed by atoms with Gasteiger partial charge in [0.05, 0.1) is 4.90 Å². The second kappa shape index (κ2) is 7.18. The first-order valence-corrected chi connectivity index (χ1v) is 9.33. The molecule has 2 rings (SSSR count). The Bertz CT molecular complexity index is 805. The average Bonchev–Trinajstić information content (AvgIpc) is 2.97. The van der Waals surface area contributed by atoms with E-state index in [4.69, 9.17) is 0 Å². The van der Waals surface area contributed by atoms with Gasteiger partial charge in [-0.2, -0.15) is 0 Å². The van der Waals surface area contributed by atoms with E-state index in [1.54, 1.807) is 0 Å². The number of nitrogens with zero attached hydrogens (tertiary/aromatic N) is 2. The summed E-state index contributed by atoms with van der Waals surface area (Å²) in [6.45, 7) is 4.06. The summed E-state index contributed by atoms with van der Waals surface area (Å²) in [5.74, 6) is -2.62. The SMILES string of the molecule is Cc1cc(NC(=O)C(=O)N2CCCC2)cc(C)c1S(=O)(=O)C[N+](=O)[O-]. The van der Waals surface area contributed by atoms with E-state index in [2.05, 4.69) is 5.32 Å². The minimum absolute atomic E-state index is 0.131. The topological polar surface area (TPSA) is 127 Å². The average molecular weight is 369 g/mol. The minimum Gasteiger partial charge on any atom is -0.334 e. The highest BCUT2D eigenvalue weighted by Gasteiger charge is 2.27. The first kappa shape index (κ1) is 18.8. The molecule has 0 aromatic heterocycles. The summed E-state index contributed by atoms with van der Waals surface area (Å²) < 4.78 is 24.2. The van der Waals surface area contributed by atoms with Crippen molar-refractivity contribution in [3.8, 4) is 0 Å². The van der Waals surface area contributed by atoms with Gasteiger partial charge in [0.25, 0.3) is 0 Å². The summed E-state index contributed by atoms with van der Waals surface area (Å²) in [4.78, 5) is 35.0. The number of likely N-dealkylation sites (tertiary alicyclic amines) is 1. The van der Waals surface area contributed by atoms with Crippen molar-refractivity contribution in [2.75, 3.05) is 24.3 Å². The summed E-state index contributed by atoms with van der Waals surface area (Å²) in [6.07, 6.45) is 1.72. The van der Waals surface area contributed by atoms with Gasteiger partial charge in [-0.15, -0.1) is 0 Å². The van der Waals surface area contributed by atoms with Crippen LogP contribution in [0.3, 0.4) is 0 Å². The van der Waals surface area contributed by atoms with Gasteiger partial charge in [-0.25, -0.2) is 8.42 Å².